The first kappa shape index (κ1) is 18.9. The number of rotatable bonds is 5. The van der Waals surface area contributed by atoms with Gasteiger partial charge in [0, 0.05) is 11.0 Å². The van der Waals surface area contributed by atoms with Crippen molar-refractivity contribution in [1.82, 2.24) is 5.32 Å². The molecule has 0 unspecified atom stereocenters. The van der Waals surface area contributed by atoms with Crippen molar-refractivity contribution in [3.63, 3.8) is 0 Å². The fourth-order valence-electron chi connectivity index (χ4n) is 2.28. The Labute approximate surface area is 152 Å². The number of nitrogens with one attached hydrogen (secondary N) is 1. The summed E-state index contributed by atoms with van der Waals surface area (Å²) in [7, 11) is 1.31. The number of hydrogen-bond acceptors (Lipinski definition) is 4. The van der Waals surface area contributed by atoms with Crippen molar-refractivity contribution in [3.05, 3.63) is 63.9 Å². The Morgan fingerprint density at radius 3 is 2.36 bits per heavy atom. The predicted octanol–water partition coefficient (Wildman–Crippen LogP) is 4.09. The van der Waals surface area contributed by atoms with Gasteiger partial charge in [0.15, 0.2) is 6.04 Å². The standard InChI is InChI=1S/C20H23NO3S/c1-20(2,3)15-10-7-14(8-11-15)9-12-17(22)21-18(19(23)24-4)16-6-5-13-25-16/h5-13,18H,1-4H3,(H,21,22)/b12-9+/t18-/m1/s1. The van der Waals surface area contributed by atoms with E-state index in [0.717, 1.165) is 10.4 Å². The van der Waals surface area contributed by atoms with E-state index in [1.165, 1.54) is 30.1 Å². The zero-order valence-corrected chi connectivity index (χ0v) is 15.7. The first-order valence-corrected chi connectivity index (χ1v) is 8.89. The number of thiophene rings is 1. The largest absolute Gasteiger partial charge is 0.467 e. The highest BCUT2D eigenvalue weighted by molar-refractivity contribution is 7.10. The molecule has 1 aromatic heterocycles. The van der Waals surface area contributed by atoms with E-state index in [1.807, 2.05) is 23.6 Å². The van der Waals surface area contributed by atoms with Crippen molar-refractivity contribution in [2.75, 3.05) is 7.11 Å². The molecule has 1 amide bonds. The van der Waals surface area contributed by atoms with Crippen molar-refractivity contribution in [1.29, 1.82) is 0 Å². The summed E-state index contributed by atoms with van der Waals surface area (Å²) in [6.07, 6.45) is 3.15. The summed E-state index contributed by atoms with van der Waals surface area (Å²) < 4.78 is 4.77. The van der Waals surface area contributed by atoms with Crippen LogP contribution in [0.1, 0.15) is 42.8 Å². The second-order valence-electron chi connectivity index (χ2n) is 6.69. The molecule has 0 aliphatic rings. The van der Waals surface area contributed by atoms with E-state index in [0.29, 0.717) is 0 Å². The Morgan fingerprint density at radius 1 is 1.16 bits per heavy atom. The summed E-state index contributed by atoms with van der Waals surface area (Å²) in [4.78, 5) is 24.8. The van der Waals surface area contributed by atoms with Crippen LogP contribution in [-0.4, -0.2) is 19.0 Å². The Balaban J connectivity index is 2.05. The van der Waals surface area contributed by atoms with Crippen LogP contribution in [0.25, 0.3) is 6.08 Å². The van der Waals surface area contributed by atoms with Crippen LogP contribution in [-0.2, 0) is 19.7 Å². The van der Waals surface area contributed by atoms with E-state index in [4.69, 9.17) is 4.74 Å². The first-order chi connectivity index (χ1) is 11.8. The summed E-state index contributed by atoms with van der Waals surface area (Å²) in [5.41, 5.74) is 2.25. The Hall–Kier alpha value is -2.40. The molecule has 2 aromatic rings. The van der Waals surface area contributed by atoms with Gasteiger partial charge in [-0.05, 0) is 34.1 Å². The molecule has 5 heteroatoms. The minimum atomic E-state index is -0.787. The third kappa shape index (κ3) is 5.29. The van der Waals surface area contributed by atoms with Gasteiger partial charge in [0.1, 0.15) is 0 Å². The summed E-state index contributed by atoms with van der Waals surface area (Å²) in [6, 6.07) is 10.9. The van der Waals surface area contributed by atoms with Crippen LogP contribution in [0.15, 0.2) is 47.9 Å². The summed E-state index contributed by atoms with van der Waals surface area (Å²) in [5, 5.41) is 4.54. The number of amides is 1. The van der Waals surface area contributed by atoms with Crippen molar-refractivity contribution in [2.24, 2.45) is 0 Å². The highest BCUT2D eigenvalue weighted by Crippen LogP contribution is 2.23. The van der Waals surface area contributed by atoms with Crippen LogP contribution in [0.3, 0.4) is 0 Å². The average Bonchev–Trinajstić information content (AvgIpc) is 3.11. The van der Waals surface area contributed by atoms with Gasteiger partial charge in [-0.15, -0.1) is 11.3 Å². The Bertz CT molecular complexity index is 740. The Morgan fingerprint density at radius 2 is 1.84 bits per heavy atom. The first-order valence-electron chi connectivity index (χ1n) is 8.01. The van der Waals surface area contributed by atoms with Gasteiger partial charge in [-0.2, -0.15) is 0 Å². The second-order valence-corrected chi connectivity index (χ2v) is 7.66. The molecule has 0 bridgehead atoms. The molecule has 132 valence electrons. The van der Waals surface area contributed by atoms with E-state index in [1.54, 1.807) is 12.1 Å². The van der Waals surface area contributed by atoms with Crippen LogP contribution in [0.5, 0.6) is 0 Å². The summed E-state index contributed by atoms with van der Waals surface area (Å²) in [6.45, 7) is 6.47. The van der Waals surface area contributed by atoms with Gasteiger partial charge in [0.2, 0.25) is 5.91 Å². The van der Waals surface area contributed by atoms with Crippen LogP contribution in [0.2, 0.25) is 0 Å². The monoisotopic (exact) mass is 357 g/mol. The van der Waals surface area contributed by atoms with Crippen LogP contribution >= 0.6 is 11.3 Å². The lowest BCUT2D eigenvalue weighted by molar-refractivity contribution is -0.144. The zero-order chi connectivity index (χ0) is 18.4. The van der Waals surface area contributed by atoms with Crippen LogP contribution < -0.4 is 5.32 Å². The van der Waals surface area contributed by atoms with Crippen LogP contribution in [0, 0.1) is 0 Å². The van der Waals surface area contributed by atoms with Gasteiger partial charge < -0.3 is 10.1 Å². The molecule has 0 spiro atoms. The van der Waals surface area contributed by atoms with Gasteiger partial charge in [-0.25, -0.2) is 4.79 Å². The second kappa shape index (κ2) is 8.12. The van der Waals surface area contributed by atoms with E-state index >= 15 is 0 Å². The normalized spacial score (nSPS) is 12.8. The van der Waals surface area contributed by atoms with Gasteiger partial charge in [0.25, 0.3) is 0 Å². The lowest BCUT2D eigenvalue weighted by Gasteiger charge is -2.18. The zero-order valence-electron chi connectivity index (χ0n) is 14.9. The lowest BCUT2D eigenvalue weighted by atomic mass is 9.87. The van der Waals surface area contributed by atoms with Gasteiger partial charge >= 0.3 is 5.97 Å². The minimum absolute atomic E-state index is 0.0913. The van der Waals surface area contributed by atoms with Crippen molar-refractivity contribution >= 4 is 29.3 Å². The molecule has 0 radical (unpaired) electrons. The third-order valence-corrected chi connectivity index (χ3v) is 4.69. The molecule has 0 aliphatic heterocycles. The molecule has 1 N–H and O–H groups in total. The minimum Gasteiger partial charge on any atom is -0.467 e. The maximum atomic E-state index is 12.2. The Kier molecular flexibility index (Phi) is 6.15. The van der Waals surface area contributed by atoms with Gasteiger partial charge in [-0.3, -0.25) is 4.79 Å². The average molecular weight is 357 g/mol. The number of carbonyl (C=O) groups excluding carboxylic acids is 2. The van der Waals surface area contributed by atoms with Gasteiger partial charge in [-0.1, -0.05) is 51.1 Å². The third-order valence-electron chi connectivity index (χ3n) is 3.76. The molecule has 0 saturated heterocycles. The van der Waals surface area contributed by atoms with Crippen molar-refractivity contribution in [3.8, 4) is 0 Å². The van der Waals surface area contributed by atoms with E-state index in [-0.39, 0.29) is 11.3 Å². The molecule has 1 atom stereocenters. The lowest BCUT2D eigenvalue weighted by Crippen LogP contribution is -2.32. The molecular formula is C20H23NO3S. The molecule has 2 rings (SSSR count). The molecule has 1 heterocycles. The molecular weight excluding hydrogens is 334 g/mol. The SMILES string of the molecule is COC(=O)[C@H](NC(=O)/C=C/c1ccc(C(C)(C)C)cc1)c1cccs1. The van der Waals surface area contributed by atoms with Crippen LogP contribution in [0.4, 0.5) is 0 Å². The quantitative estimate of drug-likeness (QED) is 0.648. The molecule has 25 heavy (non-hydrogen) atoms. The molecule has 4 nitrogen and oxygen atoms in total. The van der Waals surface area contributed by atoms with E-state index < -0.39 is 12.0 Å². The number of methoxy groups -OCH3 is 1. The molecule has 0 aliphatic carbocycles. The topological polar surface area (TPSA) is 55.4 Å². The number of hydrogen-bond donors (Lipinski definition) is 1. The summed E-state index contributed by atoms with van der Waals surface area (Å²) in [5.74, 6) is -0.831. The molecule has 0 saturated carbocycles. The maximum absolute atomic E-state index is 12.2. The molecule has 0 fully saturated rings. The summed E-state index contributed by atoms with van der Waals surface area (Å²) >= 11 is 1.40. The maximum Gasteiger partial charge on any atom is 0.333 e. The number of esters is 1. The fourth-order valence-corrected chi connectivity index (χ4v) is 3.04. The van der Waals surface area contributed by atoms with Crippen molar-refractivity contribution in [2.45, 2.75) is 32.2 Å². The van der Waals surface area contributed by atoms with E-state index in [9.17, 15) is 9.59 Å². The fraction of sp³-hybridized carbons (Fsp3) is 0.300. The van der Waals surface area contributed by atoms with E-state index in [2.05, 4.69) is 38.2 Å². The highest BCUT2D eigenvalue weighted by Gasteiger charge is 2.23. The predicted molar refractivity (Wildman–Crippen MR) is 101 cm³/mol. The number of carbonyl (C=O) groups is 2. The van der Waals surface area contributed by atoms with Gasteiger partial charge in [0.05, 0.1) is 7.11 Å². The number of benzene rings is 1. The smallest absolute Gasteiger partial charge is 0.333 e. The number of ether oxygens (including phenoxy) is 1. The molecule has 1 aromatic carbocycles. The highest BCUT2D eigenvalue weighted by atomic mass is 32.1. The van der Waals surface area contributed by atoms with Crippen molar-refractivity contribution < 1.29 is 14.3 Å².